The molecule has 0 aliphatic heterocycles. The van der Waals surface area contributed by atoms with Gasteiger partial charge in [-0.05, 0) is 66.2 Å². The third-order valence-electron chi connectivity index (χ3n) is 5.46. The Morgan fingerprint density at radius 2 is 1.54 bits per heavy atom. The fourth-order valence-corrected chi connectivity index (χ4v) is 3.64. The minimum Gasteiger partial charge on any atom is -0.465 e. The highest BCUT2D eigenvalue weighted by Gasteiger charge is 2.18. The van der Waals surface area contributed by atoms with Gasteiger partial charge in [-0.1, -0.05) is 12.1 Å². The lowest BCUT2D eigenvalue weighted by molar-refractivity contribution is 0.202. The number of pyridine rings is 1. The molecule has 1 N–H and O–H groups in total. The largest absolute Gasteiger partial charge is 0.465 e. The SMILES string of the molecule is CN(C(=O)O)c1cc2cc(-c3ccc(Oc4ccc(F)cc4)cn3)cc(-c3ccc(F)cc3)c2o1. The van der Waals surface area contributed by atoms with Crippen LogP contribution in [0, 0.1) is 11.6 Å². The first kappa shape index (κ1) is 22.1. The van der Waals surface area contributed by atoms with E-state index in [0.29, 0.717) is 39.3 Å². The highest BCUT2D eigenvalue weighted by molar-refractivity contribution is 5.99. The zero-order chi connectivity index (χ0) is 24.5. The molecule has 0 atom stereocenters. The van der Waals surface area contributed by atoms with Crippen LogP contribution in [0.4, 0.5) is 19.5 Å². The van der Waals surface area contributed by atoms with Crippen molar-refractivity contribution in [2.75, 3.05) is 11.9 Å². The van der Waals surface area contributed by atoms with Gasteiger partial charge in [0.25, 0.3) is 0 Å². The maximum Gasteiger partial charge on any atom is 0.413 e. The molecule has 0 spiro atoms. The number of nitrogens with zero attached hydrogens (tertiary/aromatic N) is 2. The number of benzene rings is 3. The third kappa shape index (κ3) is 4.54. The molecule has 5 rings (SSSR count). The molecule has 0 fully saturated rings. The van der Waals surface area contributed by atoms with E-state index in [2.05, 4.69) is 4.98 Å². The second-order valence-electron chi connectivity index (χ2n) is 7.81. The van der Waals surface area contributed by atoms with Crippen molar-refractivity contribution in [3.63, 3.8) is 0 Å². The van der Waals surface area contributed by atoms with E-state index in [1.54, 1.807) is 36.5 Å². The Hall–Kier alpha value is -4.72. The molecule has 8 heteroatoms. The highest BCUT2D eigenvalue weighted by atomic mass is 19.1. The first-order valence-corrected chi connectivity index (χ1v) is 10.6. The number of halogens is 2. The monoisotopic (exact) mass is 472 g/mol. The minimum atomic E-state index is -1.16. The zero-order valence-electron chi connectivity index (χ0n) is 18.4. The van der Waals surface area contributed by atoms with Gasteiger partial charge in [0.1, 0.15) is 28.7 Å². The summed E-state index contributed by atoms with van der Waals surface area (Å²) in [7, 11) is 1.39. The molecule has 0 saturated carbocycles. The van der Waals surface area contributed by atoms with E-state index in [1.807, 2.05) is 12.1 Å². The number of fused-ring (bicyclic) bond motifs is 1. The number of hydrogen-bond donors (Lipinski definition) is 1. The quantitative estimate of drug-likeness (QED) is 0.289. The van der Waals surface area contributed by atoms with Crippen LogP contribution in [0.1, 0.15) is 0 Å². The van der Waals surface area contributed by atoms with Gasteiger partial charge in [-0.2, -0.15) is 0 Å². The van der Waals surface area contributed by atoms with Crippen molar-refractivity contribution in [3.05, 3.63) is 96.7 Å². The molecular formula is C27H18F2N2O4. The predicted molar refractivity (Wildman–Crippen MR) is 128 cm³/mol. The fraction of sp³-hybridized carbons (Fsp3) is 0.0370. The number of rotatable bonds is 5. The second kappa shape index (κ2) is 8.90. The van der Waals surface area contributed by atoms with Crippen LogP contribution < -0.4 is 9.64 Å². The molecular weight excluding hydrogens is 454 g/mol. The Bertz CT molecular complexity index is 1510. The van der Waals surface area contributed by atoms with E-state index >= 15 is 0 Å². The molecule has 0 bridgehead atoms. The van der Waals surface area contributed by atoms with Crippen LogP contribution >= 0.6 is 0 Å². The zero-order valence-corrected chi connectivity index (χ0v) is 18.4. The standard InChI is InChI=1S/C27H18F2N2O4/c1-31(27(32)33)25-14-18-12-17(13-23(26(18)35-25)16-2-4-19(28)5-3-16)24-11-10-22(15-30-24)34-21-8-6-20(29)7-9-21/h2-15H,1H3,(H,32,33). The lowest BCUT2D eigenvalue weighted by Gasteiger charge is -2.09. The van der Waals surface area contributed by atoms with Crippen molar-refractivity contribution < 1.29 is 27.8 Å². The number of anilines is 1. The van der Waals surface area contributed by atoms with Crippen LogP contribution in [0.2, 0.25) is 0 Å². The minimum absolute atomic E-state index is 0.156. The third-order valence-corrected chi connectivity index (χ3v) is 5.46. The Balaban J connectivity index is 1.56. The summed E-state index contributed by atoms with van der Waals surface area (Å²) in [5, 5.41) is 10.0. The van der Waals surface area contributed by atoms with Crippen molar-refractivity contribution in [3.8, 4) is 33.9 Å². The summed E-state index contributed by atoms with van der Waals surface area (Å²) in [6.07, 6.45) is 0.394. The van der Waals surface area contributed by atoms with E-state index in [0.717, 1.165) is 10.5 Å². The molecule has 2 aromatic heterocycles. The number of carbonyl (C=O) groups is 1. The van der Waals surface area contributed by atoms with E-state index in [9.17, 15) is 18.7 Å². The lowest BCUT2D eigenvalue weighted by Crippen LogP contribution is -2.22. The molecule has 3 aromatic carbocycles. The first-order chi connectivity index (χ1) is 16.9. The summed E-state index contributed by atoms with van der Waals surface area (Å²) in [5.41, 5.74) is 3.22. The van der Waals surface area contributed by atoms with E-state index in [-0.39, 0.29) is 17.5 Å². The lowest BCUT2D eigenvalue weighted by atomic mass is 9.99. The summed E-state index contributed by atoms with van der Waals surface area (Å²) >= 11 is 0. The van der Waals surface area contributed by atoms with Gasteiger partial charge < -0.3 is 14.3 Å². The molecule has 2 heterocycles. The van der Waals surface area contributed by atoms with E-state index < -0.39 is 6.09 Å². The van der Waals surface area contributed by atoms with Crippen molar-refractivity contribution in [2.45, 2.75) is 0 Å². The molecule has 5 aromatic rings. The smallest absolute Gasteiger partial charge is 0.413 e. The summed E-state index contributed by atoms with van der Waals surface area (Å²) in [5.74, 6) is 0.396. The topological polar surface area (TPSA) is 75.8 Å². The van der Waals surface area contributed by atoms with Gasteiger partial charge in [0.15, 0.2) is 0 Å². The van der Waals surface area contributed by atoms with Crippen molar-refractivity contribution in [2.24, 2.45) is 0 Å². The summed E-state index contributed by atoms with van der Waals surface area (Å²) in [4.78, 5) is 16.9. The molecule has 174 valence electrons. The van der Waals surface area contributed by atoms with Crippen LogP contribution in [-0.2, 0) is 0 Å². The Kier molecular flexibility index (Phi) is 5.62. The second-order valence-corrected chi connectivity index (χ2v) is 7.81. The average molecular weight is 472 g/mol. The molecule has 0 unspecified atom stereocenters. The Morgan fingerprint density at radius 1 is 0.886 bits per heavy atom. The van der Waals surface area contributed by atoms with Crippen molar-refractivity contribution >= 4 is 22.9 Å². The maximum atomic E-state index is 13.5. The summed E-state index contributed by atoms with van der Waals surface area (Å²) < 4.78 is 38.2. The normalized spacial score (nSPS) is 10.9. The predicted octanol–water partition coefficient (Wildman–Crippen LogP) is 7.35. The molecule has 0 aliphatic carbocycles. The van der Waals surface area contributed by atoms with Crippen LogP contribution in [0.25, 0.3) is 33.4 Å². The Labute approximate surface area is 198 Å². The van der Waals surface area contributed by atoms with Crippen LogP contribution in [-0.4, -0.2) is 23.2 Å². The van der Waals surface area contributed by atoms with Gasteiger partial charge >= 0.3 is 6.09 Å². The van der Waals surface area contributed by atoms with Crippen molar-refractivity contribution in [1.82, 2.24) is 4.98 Å². The van der Waals surface area contributed by atoms with Crippen molar-refractivity contribution in [1.29, 1.82) is 0 Å². The van der Waals surface area contributed by atoms with Gasteiger partial charge in [0.2, 0.25) is 5.88 Å². The number of furan rings is 1. The molecule has 0 aliphatic rings. The highest BCUT2D eigenvalue weighted by Crippen LogP contribution is 2.38. The number of carboxylic acid groups (broad SMARTS) is 1. The van der Waals surface area contributed by atoms with Crippen LogP contribution in [0.15, 0.2) is 89.5 Å². The number of aromatic nitrogens is 1. The van der Waals surface area contributed by atoms with Gasteiger partial charge in [-0.25, -0.2) is 13.6 Å². The van der Waals surface area contributed by atoms with Crippen LogP contribution in [0.5, 0.6) is 11.5 Å². The van der Waals surface area contributed by atoms with Crippen LogP contribution in [0.3, 0.4) is 0 Å². The summed E-state index contributed by atoms with van der Waals surface area (Å²) in [6.45, 7) is 0. The summed E-state index contributed by atoms with van der Waals surface area (Å²) in [6, 6.07) is 20.5. The molecule has 0 radical (unpaired) electrons. The molecule has 1 amide bonds. The molecule has 6 nitrogen and oxygen atoms in total. The number of ether oxygens (including phenoxy) is 1. The molecule has 35 heavy (non-hydrogen) atoms. The fourth-order valence-electron chi connectivity index (χ4n) is 3.64. The van der Waals surface area contributed by atoms with Gasteiger partial charge in [0, 0.05) is 29.6 Å². The molecule has 0 saturated heterocycles. The average Bonchev–Trinajstić information content (AvgIpc) is 3.29. The first-order valence-electron chi connectivity index (χ1n) is 10.6. The van der Waals surface area contributed by atoms with E-state index in [1.165, 1.54) is 43.4 Å². The van der Waals surface area contributed by atoms with Gasteiger partial charge in [-0.15, -0.1) is 0 Å². The maximum absolute atomic E-state index is 13.5. The van der Waals surface area contributed by atoms with Gasteiger partial charge in [-0.3, -0.25) is 9.88 Å². The van der Waals surface area contributed by atoms with E-state index in [4.69, 9.17) is 9.15 Å². The Morgan fingerprint density at radius 3 is 2.17 bits per heavy atom. The number of amides is 1. The van der Waals surface area contributed by atoms with Gasteiger partial charge in [0.05, 0.1) is 11.9 Å². The number of hydrogen-bond acceptors (Lipinski definition) is 4.